The molecular weight excluding hydrogens is 194 g/mol. The van der Waals surface area contributed by atoms with Gasteiger partial charge in [0.2, 0.25) is 0 Å². The summed E-state index contributed by atoms with van der Waals surface area (Å²) in [7, 11) is 0. The van der Waals surface area contributed by atoms with Crippen molar-refractivity contribution in [3.8, 4) is 0 Å². The molecule has 15 heavy (non-hydrogen) atoms. The van der Waals surface area contributed by atoms with Crippen molar-refractivity contribution in [1.82, 2.24) is 4.98 Å². The van der Waals surface area contributed by atoms with Gasteiger partial charge in [0.25, 0.3) is 0 Å². The van der Waals surface area contributed by atoms with Gasteiger partial charge in [0, 0.05) is 5.69 Å². The number of rotatable bonds is 2. The highest BCUT2D eigenvalue weighted by Crippen LogP contribution is 2.33. The summed E-state index contributed by atoms with van der Waals surface area (Å²) in [5.74, 6) is -0.740. The lowest BCUT2D eigenvalue weighted by atomic mass is 10.1. The second kappa shape index (κ2) is 3.62. The van der Waals surface area contributed by atoms with E-state index in [0.29, 0.717) is 11.5 Å². The molecule has 0 aromatic carbocycles. The third kappa shape index (κ3) is 1.61. The Bertz CT molecular complexity index is 415. The number of carboxylic acids is 1. The fourth-order valence-corrected chi connectivity index (χ4v) is 2.09. The van der Waals surface area contributed by atoms with Crippen LogP contribution in [0.1, 0.15) is 46.6 Å². The van der Waals surface area contributed by atoms with Gasteiger partial charge in [-0.15, -0.1) is 0 Å². The molecule has 0 amide bonds. The molecule has 1 aromatic heterocycles. The molecule has 0 spiro atoms. The maximum atomic E-state index is 10.8. The number of hydrogen-bond acceptors (Lipinski definition) is 3. The van der Waals surface area contributed by atoms with E-state index in [1.807, 2.05) is 6.92 Å². The van der Waals surface area contributed by atoms with Crippen molar-refractivity contribution in [2.45, 2.75) is 32.3 Å². The molecule has 0 saturated heterocycles. The third-order valence-corrected chi connectivity index (χ3v) is 2.93. The smallest absolute Gasteiger partial charge is 0.354 e. The Labute approximate surface area is 87.6 Å². The number of fused-ring (bicyclic) bond motifs is 1. The minimum Gasteiger partial charge on any atom is -0.477 e. The largest absolute Gasteiger partial charge is 0.477 e. The first-order chi connectivity index (χ1) is 7.13. The van der Waals surface area contributed by atoms with Crippen LogP contribution in [0.3, 0.4) is 0 Å². The molecule has 80 valence electrons. The number of pyridine rings is 1. The molecule has 0 saturated carbocycles. The van der Waals surface area contributed by atoms with Crippen LogP contribution >= 0.6 is 0 Å². The van der Waals surface area contributed by atoms with Crippen LogP contribution in [0.2, 0.25) is 0 Å². The topological polar surface area (TPSA) is 70.4 Å². The summed E-state index contributed by atoms with van der Waals surface area (Å²) in [6, 6.07) is 1.47. The third-order valence-electron chi connectivity index (χ3n) is 2.93. The minimum atomic E-state index is -1.04. The number of nitrogens with zero attached hydrogens (tertiary/aromatic N) is 1. The quantitative estimate of drug-likeness (QED) is 0.767. The summed E-state index contributed by atoms with van der Waals surface area (Å²) in [6.45, 7) is 1.92. The molecule has 0 fully saturated rings. The van der Waals surface area contributed by atoms with Gasteiger partial charge < -0.3 is 10.2 Å². The van der Waals surface area contributed by atoms with Gasteiger partial charge in [-0.05, 0) is 36.0 Å². The Hall–Kier alpha value is -1.42. The first-order valence-corrected chi connectivity index (χ1v) is 5.00. The average Bonchev–Trinajstić information content (AvgIpc) is 2.59. The molecule has 2 N–H and O–H groups in total. The van der Waals surface area contributed by atoms with Gasteiger partial charge in [0.05, 0.1) is 6.61 Å². The number of aromatic nitrogens is 1. The molecule has 4 heteroatoms. The SMILES string of the molecule is CC1CCc2c(CO)cc(C(=O)O)nc21. The molecule has 1 aliphatic carbocycles. The van der Waals surface area contributed by atoms with Gasteiger partial charge in [-0.3, -0.25) is 0 Å². The highest BCUT2D eigenvalue weighted by molar-refractivity contribution is 5.85. The van der Waals surface area contributed by atoms with Crippen molar-refractivity contribution in [3.63, 3.8) is 0 Å². The molecule has 4 nitrogen and oxygen atoms in total. The predicted molar refractivity (Wildman–Crippen MR) is 53.9 cm³/mol. The Balaban J connectivity index is 2.58. The van der Waals surface area contributed by atoms with E-state index in [1.54, 1.807) is 0 Å². The number of aliphatic hydroxyl groups excluding tert-OH is 1. The lowest BCUT2D eigenvalue weighted by Gasteiger charge is -2.08. The summed E-state index contributed by atoms with van der Waals surface area (Å²) < 4.78 is 0. The van der Waals surface area contributed by atoms with Crippen LogP contribution in [0, 0.1) is 0 Å². The van der Waals surface area contributed by atoms with E-state index in [2.05, 4.69) is 4.98 Å². The zero-order valence-electron chi connectivity index (χ0n) is 8.53. The maximum Gasteiger partial charge on any atom is 0.354 e. The van der Waals surface area contributed by atoms with Crippen molar-refractivity contribution in [3.05, 3.63) is 28.6 Å². The van der Waals surface area contributed by atoms with Crippen LogP contribution in [0.15, 0.2) is 6.07 Å². The van der Waals surface area contributed by atoms with Crippen molar-refractivity contribution in [2.75, 3.05) is 0 Å². The number of carbonyl (C=O) groups is 1. The normalized spacial score (nSPS) is 18.9. The van der Waals surface area contributed by atoms with Gasteiger partial charge >= 0.3 is 5.97 Å². The number of carboxylic acid groups (broad SMARTS) is 1. The Kier molecular flexibility index (Phi) is 2.44. The van der Waals surface area contributed by atoms with Gasteiger partial charge in [-0.2, -0.15) is 0 Å². The van der Waals surface area contributed by atoms with Crippen molar-refractivity contribution < 1.29 is 15.0 Å². The van der Waals surface area contributed by atoms with Crippen molar-refractivity contribution in [1.29, 1.82) is 0 Å². The van der Waals surface area contributed by atoms with Crippen LogP contribution < -0.4 is 0 Å². The highest BCUT2D eigenvalue weighted by atomic mass is 16.4. The predicted octanol–water partition coefficient (Wildman–Crippen LogP) is 1.32. The summed E-state index contributed by atoms with van der Waals surface area (Å²) in [4.78, 5) is 15.0. The first kappa shape index (κ1) is 10.1. The minimum absolute atomic E-state index is 0.0338. The average molecular weight is 207 g/mol. The monoisotopic (exact) mass is 207 g/mol. The van der Waals surface area contributed by atoms with E-state index < -0.39 is 5.97 Å². The maximum absolute atomic E-state index is 10.8. The second-order valence-electron chi connectivity index (χ2n) is 3.93. The summed E-state index contributed by atoms with van der Waals surface area (Å²) in [5, 5.41) is 18.1. The van der Waals surface area contributed by atoms with E-state index in [4.69, 9.17) is 5.11 Å². The zero-order chi connectivity index (χ0) is 11.0. The molecule has 1 aromatic rings. The van der Waals surface area contributed by atoms with E-state index in [-0.39, 0.29) is 12.3 Å². The van der Waals surface area contributed by atoms with E-state index in [0.717, 1.165) is 24.1 Å². The van der Waals surface area contributed by atoms with E-state index >= 15 is 0 Å². The van der Waals surface area contributed by atoms with Gasteiger partial charge in [-0.25, -0.2) is 9.78 Å². The molecule has 1 unspecified atom stereocenters. The molecule has 0 bridgehead atoms. The Morgan fingerprint density at radius 3 is 3.00 bits per heavy atom. The molecule has 1 heterocycles. The molecule has 0 aliphatic heterocycles. The number of hydrogen-bond donors (Lipinski definition) is 2. The summed E-state index contributed by atoms with van der Waals surface area (Å²) in [5.41, 5.74) is 2.63. The molecule has 1 aliphatic rings. The van der Waals surface area contributed by atoms with E-state index in [1.165, 1.54) is 6.07 Å². The second-order valence-corrected chi connectivity index (χ2v) is 3.93. The fourth-order valence-electron chi connectivity index (χ4n) is 2.09. The summed E-state index contributed by atoms with van der Waals surface area (Å²) >= 11 is 0. The van der Waals surface area contributed by atoms with Crippen molar-refractivity contribution >= 4 is 5.97 Å². The lowest BCUT2D eigenvalue weighted by molar-refractivity contribution is 0.0690. The van der Waals surface area contributed by atoms with Gasteiger partial charge in [0.1, 0.15) is 5.69 Å². The molecule has 2 rings (SSSR count). The van der Waals surface area contributed by atoms with Crippen LogP contribution in [-0.4, -0.2) is 21.2 Å². The standard InChI is InChI=1S/C11H13NO3/c1-6-2-3-8-7(5-13)4-9(11(14)15)12-10(6)8/h4,6,13H,2-3,5H2,1H3,(H,14,15). The van der Waals surface area contributed by atoms with Crippen LogP contribution in [0.5, 0.6) is 0 Å². The Morgan fingerprint density at radius 2 is 2.40 bits per heavy atom. The van der Waals surface area contributed by atoms with Gasteiger partial charge in [-0.1, -0.05) is 6.92 Å². The van der Waals surface area contributed by atoms with Gasteiger partial charge in [0.15, 0.2) is 0 Å². The zero-order valence-corrected chi connectivity index (χ0v) is 8.53. The lowest BCUT2D eigenvalue weighted by Crippen LogP contribution is -2.07. The van der Waals surface area contributed by atoms with Crippen molar-refractivity contribution in [2.24, 2.45) is 0 Å². The van der Waals surface area contributed by atoms with Crippen LogP contribution in [-0.2, 0) is 13.0 Å². The number of aliphatic hydroxyl groups is 1. The molecule has 1 atom stereocenters. The fraction of sp³-hybridized carbons (Fsp3) is 0.455. The number of aromatic carboxylic acids is 1. The van der Waals surface area contributed by atoms with E-state index in [9.17, 15) is 9.90 Å². The first-order valence-electron chi connectivity index (χ1n) is 5.00. The molecular formula is C11H13NO3. The van der Waals surface area contributed by atoms with Crippen LogP contribution in [0.4, 0.5) is 0 Å². The Morgan fingerprint density at radius 1 is 1.67 bits per heavy atom. The summed E-state index contributed by atoms with van der Waals surface area (Å²) in [6.07, 6.45) is 1.87. The van der Waals surface area contributed by atoms with Crippen LogP contribution in [0.25, 0.3) is 0 Å². The molecule has 0 radical (unpaired) electrons. The highest BCUT2D eigenvalue weighted by Gasteiger charge is 2.24.